The van der Waals surface area contributed by atoms with E-state index in [2.05, 4.69) is 5.32 Å². The van der Waals surface area contributed by atoms with Crippen molar-refractivity contribution in [3.8, 4) is 0 Å². The molecule has 2 amide bonds. The maximum absolute atomic E-state index is 12.8. The van der Waals surface area contributed by atoms with Gasteiger partial charge in [-0.15, -0.1) is 0 Å². The summed E-state index contributed by atoms with van der Waals surface area (Å²) >= 11 is 0. The molecule has 0 radical (unpaired) electrons. The zero-order valence-corrected chi connectivity index (χ0v) is 17.5. The number of benzene rings is 2. The Kier molecular flexibility index (Phi) is 6.34. The molecule has 30 heavy (non-hydrogen) atoms. The molecule has 1 N–H and O–H groups in total. The number of nitrogens with zero attached hydrogens (tertiary/aromatic N) is 3. The average molecular weight is 410 g/mol. The van der Waals surface area contributed by atoms with Gasteiger partial charge in [0.2, 0.25) is 5.91 Å². The number of rotatable bonds is 6. The van der Waals surface area contributed by atoms with E-state index in [1.807, 2.05) is 36.9 Å². The predicted molar refractivity (Wildman–Crippen MR) is 116 cm³/mol. The molecule has 0 bridgehead atoms. The number of likely N-dealkylation sites (N-methyl/N-ethyl adjacent to an activating group) is 1. The van der Waals surface area contributed by atoms with Crippen LogP contribution in [0.5, 0.6) is 0 Å². The summed E-state index contributed by atoms with van der Waals surface area (Å²) in [5.41, 5.74) is 3.28. The molecule has 0 saturated carbocycles. The van der Waals surface area contributed by atoms with Crippen molar-refractivity contribution in [3.63, 3.8) is 0 Å². The molecule has 8 heteroatoms. The summed E-state index contributed by atoms with van der Waals surface area (Å²) in [6.45, 7) is 5.21. The van der Waals surface area contributed by atoms with Crippen molar-refractivity contribution >= 4 is 28.9 Å². The largest absolute Gasteiger partial charge is 0.366 e. The van der Waals surface area contributed by atoms with Gasteiger partial charge in [-0.05, 0) is 56.0 Å². The molecule has 1 aliphatic rings. The molecule has 0 aromatic heterocycles. The third kappa shape index (κ3) is 4.76. The molecule has 8 nitrogen and oxygen atoms in total. The van der Waals surface area contributed by atoms with Crippen molar-refractivity contribution in [1.29, 1.82) is 0 Å². The van der Waals surface area contributed by atoms with Gasteiger partial charge in [0.15, 0.2) is 0 Å². The van der Waals surface area contributed by atoms with E-state index < -0.39 is 10.8 Å². The summed E-state index contributed by atoms with van der Waals surface area (Å²) in [6, 6.07) is 10.3. The van der Waals surface area contributed by atoms with Gasteiger partial charge in [-0.25, -0.2) is 0 Å². The Labute approximate surface area is 175 Å². The van der Waals surface area contributed by atoms with Gasteiger partial charge in [-0.1, -0.05) is 12.1 Å². The number of hydrogen-bond acceptors (Lipinski definition) is 5. The summed E-state index contributed by atoms with van der Waals surface area (Å²) in [5, 5.41) is 14.4. The molecule has 3 rings (SSSR count). The quantitative estimate of drug-likeness (QED) is 0.581. The third-order valence-corrected chi connectivity index (χ3v) is 5.26. The van der Waals surface area contributed by atoms with Crippen LogP contribution in [0.4, 0.5) is 17.1 Å². The van der Waals surface area contributed by atoms with Crippen molar-refractivity contribution in [2.45, 2.75) is 26.7 Å². The molecular weight excluding hydrogens is 384 g/mol. The number of nitro groups is 1. The maximum atomic E-state index is 12.8. The number of nitrogens with one attached hydrogen (secondary N) is 1. The van der Waals surface area contributed by atoms with Crippen LogP contribution in [0, 0.1) is 24.0 Å². The van der Waals surface area contributed by atoms with Crippen LogP contribution in [0.25, 0.3) is 0 Å². The lowest BCUT2D eigenvalue weighted by atomic mass is 10.1. The highest BCUT2D eigenvalue weighted by atomic mass is 16.6. The molecule has 158 valence electrons. The molecule has 1 heterocycles. The van der Waals surface area contributed by atoms with Crippen LogP contribution >= 0.6 is 0 Å². The highest BCUT2D eigenvalue weighted by molar-refractivity contribution is 6.00. The van der Waals surface area contributed by atoms with Crippen molar-refractivity contribution in [2.75, 3.05) is 36.9 Å². The Hall–Kier alpha value is -3.42. The van der Waals surface area contributed by atoms with E-state index in [-0.39, 0.29) is 23.7 Å². The Morgan fingerprint density at radius 2 is 1.83 bits per heavy atom. The van der Waals surface area contributed by atoms with Gasteiger partial charge in [0.05, 0.1) is 11.5 Å². The molecular formula is C22H26N4O4. The second-order valence-electron chi connectivity index (χ2n) is 7.68. The van der Waals surface area contributed by atoms with Crippen LogP contribution in [0.15, 0.2) is 36.4 Å². The van der Waals surface area contributed by atoms with E-state index in [1.165, 1.54) is 18.0 Å². The number of carbonyl (C=O) groups excluding carboxylic acids is 2. The SMILES string of the molecule is Cc1ccc(C)c(NC(=O)CN(C)C(=O)c2ccc(N3CCCC3)c([N+](=O)[O-])c2)c1. The molecule has 1 fully saturated rings. The lowest BCUT2D eigenvalue weighted by molar-refractivity contribution is -0.384. The molecule has 0 atom stereocenters. The average Bonchev–Trinajstić information content (AvgIpc) is 3.24. The van der Waals surface area contributed by atoms with Crippen molar-refractivity contribution in [2.24, 2.45) is 0 Å². The zero-order valence-electron chi connectivity index (χ0n) is 17.5. The molecule has 2 aromatic rings. The topological polar surface area (TPSA) is 95.8 Å². The minimum absolute atomic E-state index is 0.0870. The van der Waals surface area contributed by atoms with Crippen LogP contribution in [0.1, 0.15) is 34.3 Å². The second-order valence-corrected chi connectivity index (χ2v) is 7.68. The predicted octanol–water partition coefficient (Wildman–Crippen LogP) is 3.52. The Balaban J connectivity index is 1.72. The van der Waals surface area contributed by atoms with Gasteiger partial charge in [0, 0.05) is 37.5 Å². The fraction of sp³-hybridized carbons (Fsp3) is 0.364. The van der Waals surface area contributed by atoms with Crippen LogP contribution in [-0.2, 0) is 4.79 Å². The molecule has 1 saturated heterocycles. The fourth-order valence-corrected chi connectivity index (χ4v) is 3.60. The van der Waals surface area contributed by atoms with Gasteiger partial charge in [0.25, 0.3) is 11.6 Å². The van der Waals surface area contributed by atoms with Gasteiger partial charge < -0.3 is 15.1 Å². The number of amides is 2. The maximum Gasteiger partial charge on any atom is 0.293 e. The van der Waals surface area contributed by atoms with Crippen LogP contribution in [0.2, 0.25) is 0 Å². The zero-order chi connectivity index (χ0) is 21.8. The highest BCUT2D eigenvalue weighted by Gasteiger charge is 2.25. The summed E-state index contributed by atoms with van der Waals surface area (Å²) in [7, 11) is 1.51. The van der Waals surface area contributed by atoms with E-state index in [4.69, 9.17) is 0 Å². The molecule has 0 aliphatic carbocycles. The number of anilines is 2. The Morgan fingerprint density at radius 1 is 1.13 bits per heavy atom. The summed E-state index contributed by atoms with van der Waals surface area (Å²) in [4.78, 5) is 39.5. The first kappa shape index (κ1) is 21.3. The monoisotopic (exact) mass is 410 g/mol. The minimum atomic E-state index is -0.461. The Morgan fingerprint density at radius 3 is 2.50 bits per heavy atom. The normalized spacial score (nSPS) is 13.2. The van der Waals surface area contributed by atoms with E-state index >= 15 is 0 Å². The molecule has 0 spiro atoms. The van der Waals surface area contributed by atoms with Gasteiger partial charge in [-0.3, -0.25) is 19.7 Å². The van der Waals surface area contributed by atoms with Gasteiger partial charge in [0.1, 0.15) is 5.69 Å². The van der Waals surface area contributed by atoms with Crippen molar-refractivity contribution in [3.05, 3.63) is 63.2 Å². The highest BCUT2D eigenvalue weighted by Crippen LogP contribution is 2.32. The first-order valence-electron chi connectivity index (χ1n) is 9.92. The lowest BCUT2D eigenvalue weighted by Crippen LogP contribution is -2.35. The number of nitro benzene ring substituents is 1. The molecule has 1 aliphatic heterocycles. The fourth-order valence-electron chi connectivity index (χ4n) is 3.60. The third-order valence-electron chi connectivity index (χ3n) is 5.26. The first-order valence-corrected chi connectivity index (χ1v) is 9.92. The van der Waals surface area contributed by atoms with Crippen molar-refractivity contribution in [1.82, 2.24) is 4.90 Å². The number of hydrogen-bond donors (Lipinski definition) is 1. The summed E-state index contributed by atoms with van der Waals surface area (Å²) in [5.74, 6) is -0.773. The van der Waals surface area contributed by atoms with E-state index in [9.17, 15) is 19.7 Å². The van der Waals surface area contributed by atoms with Gasteiger partial charge in [-0.2, -0.15) is 0 Å². The summed E-state index contributed by atoms with van der Waals surface area (Å²) < 4.78 is 0. The van der Waals surface area contributed by atoms with E-state index in [1.54, 1.807) is 12.1 Å². The smallest absolute Gasteiger partial charge is 0.293 e. The number of carbonyl (C=O) groups is 2. The van der Waals surface area contributed by atoms with Crippen LogP contribution < -0.4 is 10.2 Å². The molecule has 2 aromatic carbocycles. The first-order chi connectivity index (χ1) is 14.3. The van der Waals surface area contributed by atoms with Crippen LogP contribution in [0.3, 0.4) is 0 Å². The number of aryl methyl sites for hydroxylation is 2. The molecule has 0 unspecified atom stereocenters. The standard InChI is InChI=1S/C22H26N4O4/c1-15-6-7-16(2)18(12-15)23-21(27)14-24(3)22(28)17-8-9-19(20(13-17)26(29)30)25-10-4-5-11-25/h6-9,12-13H,4-5,10-11,14H2,1-3H3,(H,23,27). The second kappa shape index (κ2) is 8.94. The summed E-state index contributed by atoms with van der Waals surface area (Å²) in [6.07, 6.45) is 1.99. The van der Waals surface area contributed by atoms with E-state index in [0.717, 1.165) is 37.1 Å². The van der Waals surface area contributed by atoms with E-state index in [0.29, 0.717) is 11.4 Å². The lowest BCUT2D eigenvalue weighted by Gasteiger charge is -2.20. The van der Waals surface area contributed by atoms with Crippen molar-refractivity contribution < 1.29 is 14.5 Å². The van der Waals surface area contributed by atoms with Gasteiger partial charge >= 0.3 is 0 Å². The van der Waals surface area contributed by atoms with Crippen LogP contribution in [-0.4, -0.2) is 48.3 Å². The Bertz CT molecular complexity index is 983. The minimum Gasteiger partial charge on any atom is -0.366 e.